The van der Waals surface area contributed by atoms with Gasteiger partial charge >= 0.3 is 5.97 Å². The van der Waals surface area contributed by atoms with E-state index in [0.29, 0.717) is 23.4 Å². The van der Waals surface area contributed by atoms with Crippen molar-refractivity contribution in [1.29, 1.82) is 0 Å². The molecule has 3 rings (SSSR count). The first-order valence-corrected chi connectivity index (χ1v) is 9.36. The van der Waals surface area contributed by atoms with Crippen LogP contribution in [0.15, 0.2) is 36.4 Å². The normalized spacial score (nSPS) is 13.6. The fourth-order valence-electron chi connectivity index (χ4n) is 2.90. The van der Waals surface area contributed by atoms with Gasteiger partial charge in [0, 0.05) is 25.2 Å². The van der Waals surface area contributed by atoms with Crippen LogP contribution in [0, 0.1) is 0 Å². The Hall–Kier alpha value is -2.67. The molecule has 1 aromatic heterocycles. The van der Waals surface area contributed by atoms with Gasteiger partial charge in [0.15, 0.2) is 0 Å². The van der Waals surface area contributed by atoms with Crippen LogP contribution in [0.4, 0.5) is 5.69 Å². The average Bonchev–Trinajstić information content (AvgIpc) is 3.32. The van der Waals surface area contributed by atoms with Crippen molar-refractivity contribution in [2.75, 3.05) is 18.4 Å². The first-order chi connectivity index (χ1) is 12.5. The average molecular weight is 372 g/mol. The predicted molar refractivity (Wildman–Crippen MR) is 99.8 cm³/mol. The van der Waals surface area contributed by atoms with Gasteiger partial charge in [-0.05, 0) is 49.1 Å². The fraction of sp³-hybridized carbons (Fsp3) is 0.316. The molecule has 26 heavy (non-hydrogen) atoms. The van der Waals surface area contributed by atoms with Crippen molar-refractivity contribution in [3.05, 3.63) is 51.7 Å². The Balaban J connectivity index is 1.52. The second-order valence-corrected chi connectivity index (χ2v) is 7.29. The number of nitrogens with one attached hydrogen (secondary N) is 1. The molecule has 1 aliphatic rings. The van der Waals surface area contributed by atoms with Crippen LogP contribution in [-0.4, -0.2) is 40.9 Å². The summed E-state index contributed by atoms with van der Waals surface area (Å²) in [6.07, 6.45) is 3.37. The Bertz CT molecular complexity index is 807. The molecule has 1 aromatic carbocycles. The molecule has 7 heteroatoms. The lowest BCUT2D eigenvalue weighted by atomic mass is 10.1. The van der Waals surface area contributed by atoms with Crippen LogP contribution in [0.3, 0.4) is 0 Å². The molecule has 0 spiro atoms. The smallest absolute Gasteiger partial charge is 0.345 e. The number of aromatic carboxylic acids is 1. The second-order valence-electron chi connectivity index (χ2n) is 6.21. The number of carboxylic acids is 1. The zero-order valence-corrected chi connectivity index (χ0v) is 15.1. The monoisotopic (exact) mass is 372 g/mol. The van der Waals surface area contributed by atoms with Crippen molar-refractivity contribution in [1.82, 2.24) is 4.90 Å². The van der Waals surface area contributed by atoms with Crippen molar-refractivity contribution in [2.24, 2.45) is 0 Å². The summed E-state index contributed by atoms with van der Waals surface area (Å²) in [6, 6.07) is 10.3. The first-order valence-electron chi connectivity index (χ1n) is 8.54. The van der Waals surface area contributed by atoms with Crippen LogP contribution in [0.2, 0.25) is 0 Å². The van der Waals surface area contributed by atoms with E-state index in [1.165, 1.54) is 12.1 Å². The quantitative estimate of drug-likeness (QED) is 0.815. The number of carboxylic acid groups (broad SMARTS) is 1. The highest BCUT2D eigenvalue weighted by Gasteiger charge is 2.17. The zero-order valence-electron chi connectivity index (χ0n) is 14.2. The standard InChI is InChI=1S/C19H20N2O4S/c22-17(21-11-1-2-12-21)10-5-13-3-6-14(7-4-13)20-18(23)15-8-9-16(26-15)19(24)25/h3-4,6-9H,1-2,5,10-12H2,(H,20,23)(H,24,25). The van der Waals surface area contributed by atoms with E-state index in [4.69, 9.17) is 5.11 Å². The molecule has 1 aliphatic heterocycles. The summed E-state index contributed by atoms with van der Waals surface area (Å²) in [5, 5.41) is 11.7. The number of thiophene rings is 1. The van der Waals surface area contributed by atoms with Gasteiger partial charge in [-0.2, -0.15) is 0 Å². The maximum absolute atomic E-state index is 12.2. The maximum atomic E-state index is 12.2. The molecule has 0 aliphatic carbocycles. The van der Waals surface area contributed by atoms with E-state index in [0.717, 1.165) is 42.8 Å². The topological polar surface area (TPSA) is 86.7 Å². The molecule has 136 valence electrons. The summed E-state index contributed by atoms with van der Waals surface area (Å²) in [6.45, 7) is 1.74. The Labute approximate surface area is 155 Å². The summed E-state index contributed by atoms with van der Waals surface area (Å²) in [4.78, 5) is 37.5. The Morgan fingerprint density at radius 2 is 1.65 bits per heavy atom. The third-order valence-corrected chi connectivity index (χ3v) is 5.41. The number of rotatable bonds is 6. The zero-order chi connectivity index (χ0) is 18.5. The summed E-state index contributed by atoms with van der Waals surface area (Å²) in [7, 11) is 0. The predicted octanol–water partition coefficient (Wildman–Crippen LogP) is 3.25. The number of carbonyl (C=O) groups excluding carboxylic acids is 2. The van der Waals surface area contributed by atoms with E-state index in [-0.39, 0.29) is 16.7 Å². The molecule has 1 fully saturated rings. The molecule has 0 saturated carbocycles. The minimum Gasteiger partial charge on any atom is -0.477 e. The molecule has 0 unspecified atom stereocenters. The molecular formula is C19H20N2O4S. The largest absolute Gasteiger partial charge is 0.477 e. The molecule has 2 amide bonds. The lowest BCUT2D eigenvalue weighted by Gasteiger charge is -2.15. The Morgan fingerprint density at radius 3 is 2.27 bits per heavy atom. The minimum atomic E-state index is -1.04. The van der Waals surface area contributed by atoms with Crippen molar-refractivity contribution in [3.63, 3.8) is 0 Å². The molecule has 2 aromatic rings. The Kier molecular flexibility index (Phi) is 5.68. The van der Waals surface area contributed by atoms with Crippen LogP contribution in [0.1, 0.15) is 44.2 Å². The number of aryl methyl sites for hydroxylation is 1. The van der Waals surface area contributed by atoms with Crippen LogP contribution < -0.4 is 5.32 Å². The van der Waals surface area contributed by atoms with Crippen LogP contribution in [-0.2, 0) is 11.2 Å². The highest BCUT2D eigenvalue weighted by atomic mass is 32.1. The van der Waals surface area contributed by atoms with E-state index in [1.54, 1.807) is 12.1 Å². The van der Waals surface area contributed by atoms with E-state index in [2.05, 4.69) is 5.32 Å². The number of nitrogens with zero attached hydrogens (tertiary/aromatic N) is 1. The number of benzene rings is 1. The van der Waals surface area contributed by atoms with Gasteiger partial charge in [-0.15, -0.1) is 11.3 Å². The molecule has 0 radical (unpaired) electrons. The molecule has 0 atom stereocenters. The van der Waals surface area contributed by atoms with E-state index < -0.39 is 5.97 Å². The molecule has 1 saturated heterocycles. The highest BCUT2D eigenvalue weighted by Crippen LogP contribution is 2.19. The first kappa shape index (κ1) is 18.1. The number of anilines is 1. The number of hydrogen-bond acceptors (Lipinski definition) is 4. The summed E-state index contributed by atoms with van der Waals surface area (Å²) >= 11 is 0.941. The van der Waals surface area contributed by atoms with Gasteiger partial charge in [-0.25, -0.2) is 4.79 Å². The number of hydrogen-bond donors (Lipinski definition) is 2. The van der Waals surface area contributed by atoms with Gasteiger partial charge in [-0.1, -0.05) is 12.1 Å². The van der Waals surface area contributed by atoms with Crippen molar-refractivity contribution < 1.29 is 19.5 Å². The van der Waals surface area contributed by atoms with E-state index >= 15 is 0 Å². The van der Waals surface area contributed by atoms with E-state index in [9.17, 15) is 14.4 Å². The highest BCUT2D eigenvalue weighted by molar-refractivity contribution is 7.15. The number of carbonyl (C=O) groups is 3. The third-order valence-electron chi connectivity index (χ3n) is 4.34. The lowest BCUT2D eigenvalue weighted by Crippen LogP contribution is -2.27. The van der Waals surface area contributed by atoms with Gasteiger partial charge in [0.05, 0.1) is 4.88 Å². The van der Waals surface area contributed by atoms with Gasteiger partial charge in [0.1, 0.15) is 4.88 Å². The SMILES string of the molecule is O=C(O)c1ccc(C(=O)Nc2ccc(CCC(=O)N3CCCC3)cc2)s1. The maximum Gasteiger partial charge on any atom is 0.345 e. The second kappa shape index (κ2) is 8.14. The van der Waals surface area contributed by atoms with Crippen LogP contribution in [0.25, 0.3) is 0 Å². The molecule has 2 N–H and O–H groups in total. The van der Waals surface area contributed by atoms with Gasteiger partial charge in [0.2, 0.25) is 5.91 Å². The van der Waals surface area contributed by atoms with E-state index in [1.807, 2.05) is 17.0 Å². The third kappa shape index (κ3) is 4.49. The summed E-state index contributed by atoms with van der Waals surface area (Å²) in [5.41, 5.74) is 1.68. The Morgan fingerprint density at radius 1 is 1.00 bits per heavy atom. The summed E-state index contributed by atoms with van der Waals surface area (Å²) < 4.78 is 0. The molecule has 0 bridgehead atoms. The lowest BCUT2D eigenvalue weighted by molar-refractivity contribution is -0.130. The van der Waals surface area contributed by atoms with Gasteiger partial charge < -0.3 is 15.3 Å². The molecular weight excluding hydrogens is 352 g/mol. The minimum absolute atomic E-state index is 0.133. The van der Waals surface area contributed by atoms with Crippen LogP contribution in [0.5, 0.6) is 0 Å². The van der Waals surface area contributed by atoms with Crippen LogP contribution >= 0.6 is 11.3 Å². The van der Waals surface area contributed by atoms with Crippen molar-refractivity contribution >= 4 is 34.8 Å². The van der Waals surface area contributed by atoms with Gasteiger partial charge in [0.25, 0.3) is 5.91 Å². The number of amides is 2. The molecule has 2 heterocycles. The fourth-order valence-corrected chi connectivity index (χ4v) is 3.64. The molecule has 6 nitrogen and oxygen atoms in total. The van der Waals surface area contributed by atoms with Gasteiger partial charge in [-0.3, -0.25) is 9.59 Å². The van der Waals surface area contributed by atoms with Crippen molar-refractivity contribution in [3.8, 4) is 0 Å². The number of likely N-dealkylation sites (tertiary alicyclic amines) is 1. The van der Waals surface area contributed by atoms with Crippen molar-refractivity contribution in [2.45, 2.75) is 25.7 Å². The summed E-state index contributed by atoms with van der Waals surface area (Å²) in [5.74, 6) is -1.17.